The molecule has 0 aliphatic heterocycles. The van der Waals surface area contributed by atoms with E-state index in [-0.39, 0.29) is 0 Å². The first-order chi connectivity index (χ1) is 12.2. The van der Waals surface area contributed by atoms with Crippen LogP contribution in [0.5, 0.6) is 17.2 Å². The largest absolute Gasteiger partial charge is 0.496 e. The monoisotopic (exact) mass is 347 g/mol. The Morgan fingerprint density at radius 3 is 2.24 bits per heavy atom. The van der Waals surface area contributed by atoms with Crippen molar-refractivity contribution in [1.82, 2.24) is 10.1 Å². The van der Waals surface area contributed by atoms with Gasteiger partial charge >= 0.3 is 0 Å². The molecule has 0 amide bonds. The van der Waals surface area contributed by atoms with Gasteiger partial charge in [0.05, 0.1) is 26.9 Å². The molecule has 1 aromatic carbocycles. The molecule has 0 bridgehead atoms. The summed E-state index contributed by atoms with van der Waals surface area (Å²) in [7, 11) is 4.77. The second-order valence-corrected chi connectivity index (χ2v) is 6.32. The number of hydrogen-bond acceptors (Lipinski definition) is 7. The summed E-state index contributed by atoms with van der Waals surface area (Å²) in [5, 5.41) is 4.15. The van der Waals surface area contributed by atoms with Gasteiger partial charge in [0.15, 0.2) is 11.5 Å². The van der Waals surface area contributed by atoms with Crippen LogP contribution >= 0.6 is 0 Å². The van der Waals surface area contributed by atoms with E-state index in [0.29, 0.717) is 46.4 Å². The zero-order valence-electron chi connectivity index (χ0n) is 14.9. The highest BCUT2D eigenvalue weighted by Gasteiger charge is 2.27. The van der Waals surface area contributed by atoms with Crippen molar-refractivity contribution in [2.45, 2.75) is 31.6 Å². The lowest BCUT2D eigenvalue weighted by Gasteiger charge is -2.24. The quantitative estimate of drug-likeness (QED) is 0.858. The molecule has 2 aromatic rings. The number of nitrogens with two attached hydrogens (primary N) is 1. The van der Waals surface area contributed by atoms with Gasteiger partial charge in [0.1, 0.15) is 5.75 Å². The smallest absolute Gasteiger partial charge is 0.230 e. The molecule has 1 aromatic heterocycles. The van der Waals surface area contributed by atoms with Gasteiger partial charge in [0, 0.05) is 12.0 Å². The van der Waals surface area contributed by atoms with E-state index in [1.54, 1.807) is 33.5 Å². The van der Waals surface area contributed by atoms with E-state index in [4.69, 9.17) is 24.5 Å². The van der Waals surface area contributed by atoms with Gasteiger partial charge in [-0.15, -0.1) is 0 Å². The Morgan fingerprint density at radius 1 is 1.00 bits per heavy atom. The van der Waals surface area contributed by atoms with Gasteiger partial charge in [0.25, 0.3) is 0 Å². The molecule has 0 atom stereocenters. The van der Waals surface area contributed by atoms with E-state index < -0.39 is 0 Å². The third kappa shape index (κ3) is 3.56. The Morgan fingerprint density at radius 2 is 1.64 bits per heavy atom. The molecule has 0 spiro atoms. The summed E-state index contributed by atoms with van der Waals surface area (Å²) < 4.78 is 21.7. The van der Waals surface area contributed by atoms with Crippen molar-refractivity contribution in [3.63, 3.8) is 0 Å². The van der Waals surface area contributed by atoms with Crippen LogP contribution in [0.3, 0.4) is 0 Å². The lowest BCUT2D eigenvalue weighted by molar-refractivity contribution is 0.275. The van der Waals surface area contributed by atoms with Gasteiger partial charge in [-0.25, -0.2) is 0 Å². The highest BCUT2D eigenvalue weighted by molar-refractivity contribution is 5.69. The van der Waals surface area contributed by atoms with E-state index >= 15 is 0 Å². The van der Waals surface area contributed by atoms with Crippen molar-refractivity contribution < 1.29 is 18.7 Å². The molecule has 7 nitrogen and oxygen atoms in total. The van der Waals surface area contributed by atoms with Gasteiger partial charge < -0.3 is 24.5 Å². The van der Waals surface area contributed by atoms with Crippen LogP contribution in [0.1, 0.15) is 37.5 Å². The normalized spacial score (nSPS) is 20.3. The zero-order chi connectivity index (χ0) is 17.8. The molecular weight excluding hydrogens is 322 g/mol. The SMILES string of the molecule is COc1cc(OC)c(-c2noc(C3CCC(CN)CC3)n2)cc1OC. The summed E-state index contributed by atoms with van der Waals surface area (Å²) in [5.41, 5.74) is 6.48. The van der Waals surface area contributed by atoms with Gasteiger partial charge in [-0.2, -0.15) is 4.98 Å². The first kappa shape index (κ1) is 17.5. The number of nitrogens with zero attached hydrogens (tertiary/aromatic N) is 2. The van der Waals surface area contributed by atoms with E-state index in [0.717, 1.165) is 32.2 Å². The number of hydrogen-bond donors (Lipinski definition) is 1. The predicted octanol–water partition coefficient (Wildman–Crippen LogP) is 2.99. The molecule has 2 N–H and O–H groups in total. The molecular formula is C18H25N3O4. The van der Waals surface area contributed by atoms with Crippen LogP contribution in [0.15, 0.2) is 16.7 Å². The molecule has 25 heavy (non-hydrogen) atoms. The minimum atomic E-state index is 0.301. The summed E-state index contributed by atoms with van der Waals surface area (Å²) in [5.74, 6) is 3.88. The van der Waals surface area contributed by atoms with Crippen LogP contribution in [0.2, 0.25) is 0 Å². The Hall–Kier alpha value is -2.28. The highest BCUT2D eigenvalue weighted by atomic mass is 16.5. The average Bonchev–Trinajstić information content (AvgIpc) is 3.16. The summed E-state index contributed by atoms with van der Waals surface area (Å²) in [6, 6.07) is 3.56. The lowest BCUT2D eigenvalue weighted by Crippen LogP contribution is -2.20. The van der Waals surface area contributed by atoms with E-state index in [9.17, 15) is 0 Å². The Labute approximate surface area is 147 Å². The van der Waals surface area contributed by atoms with Crippen molar-refractivity contribution >= 4 is 0 Å². The topological polar surface area (TPSA) is 92.6 Å². The fraction of sp³-hybridized carbons (Fsp3) is 0.556. The number of methoxy groups -OCH3 is 3. The summed E-state index contributed by atoms with van der Waals surface area (Å²) in [6.07, 6.45) is 4.29. The number of ether oxygens (including phenoxy) is 3. The molecule has 3 rings (SSSR count). The maximum atomic E-state index is 5.76. The maximum absolute atomic E-state index is 5.76. The van der Waals surface area contributed by atoms with Crippen LogP contribution in [-0.4, -0.2) is 38.0 Å². The standard InChI is InChI=1S/C18H25N3O4/c1-22-14-9-16(24-3)15(23-2)8-13(14)17-20-18(25-21-17)12-6-4-11(10-19)5-7-12/h8-9,11-12H,4-7,10,19H2,1-3H3. The average molecular weight is 347 g/mol. The van der Waals surface area contributed by atoms with Crippen LogP contribution in [-0.2, 0) is 0 Å². The van der Waals surface area contributed by atoms with Crippen molar-refractivity contribution in [2.24, 2.45) is 11.7 Å². The first-order valence-electron chi connectivity index (χ1n) is 8.54. The molecule has 1 heterocycles. The summed E-state index contributed by atoms with van der Waals surface area (Å²) in [6.45, 7) is 0.755. The summed E-state index contributed by atoms with van der Waals surface area (Å²) >= 11 is 0. The molecule has 1 saturated carbocycles. The first-order valence-corrected chi connectivity index (χ1v) is 8.54. The van der Waals surface area contributed by atoms with Gasteiger partial charge in [-0.05, 0) is 44.2 Å². The molecule has 0 radical (unpaired) electrons. The van der Waals surface area contributed by atoms with Crippen molar-refractivity contribution in [1.29, 1.82) is 0 Å². The molecule has 0 saturated heterocycles. The fourth-order valence-corrected chi connectivity index (χ4v) is 3.36. The second kappa shape index (κ2) is 7.74. The number of benzene rings is 1. The van der Waals surface area contributed by atoms with Gasteiger partial charge in [0.2, 0.25) is 11.7 Å². The zero-order valence-corrected chi connectivity index (χ0v) is 14.9. The minimum absolute atomic E-state index is 0.301. The molecule has 0 unspecified atom stereocenters. The molecule has 7 heteroatoms. The van der Waals surface area contributed by atoms with Crippen LogP contribution in [0, 0.1) is 5.92 Å². The van der Waals surface area contributed by atoms with Crippen molar-refractivity contribution in [3.05, 3.63) is 18.0 Å². The van der Waals surface area contributed by atoms with Gasteiger partial charge in [-0.3, -0.25) is 0 Å². The van der Waals surface area contributed by atoms with Crippen molar-refractivity contribution in [3.8, 4) is 28.6 Å². The lowest BCUT2D eigenvalue weighted by atomic mass is 9.82. The minimum Gasteiger partial charge on any atom is -0.496 e. The van der Waals surface area contributed by atoms with E-state index in [1.807, 2.05) is 0 Å². The fourth-order valence-electron chi connectivity index (χ4n) is 3.36. The third-order valence-electron chi connectivity index (χ3n) is 4.92. The highest BCUT2D eigenvalue weighted by Crippen LogP contribution is 2.40. The van der Waals surface area contributed by atoms with E-state index in [2.05, 4.69) is 10.1 Å². The molecule has 1 aliphatic carbocycles. The molecule has 136 valence electrons. The maximum Gasteiger partial charge on any atom is 0.230 e. The van der Waals surface area contributed by atoms with Crippen LogP contribution in [0.4, 0.5) is 0 Å². The van der Waals surface area contributed by atoms with Crippen molar-refractivity contribution in [2.75, 3.05) is 27.9 Å². The van der Waals surface area contributed by atoms with Crippen LogP contribution in [0.25, 0.3) is 11.4 Å². The summed E-state index contributed by atoms with van der Waals surface area (Å²) in [4.78, 5) is 4.61. The Balaban J connectivity index is 1.87. The number of rotatable bonds is 6. The molecule has 1 fully saturated rings. The molecule has 1 aliphatic rings. The van der Waals surface area contributed by atoms with Crippen LogP contribution < -0.4 is 19.9 Å². The van der Waals surface area contributed by atoms with Gasteiger partial charge in [-0.1, -0.05) is 5.16 Å². The predicted molar refractivity (Wildman–Crippen MR) is 93.1 cm³/mol. The van der Waals surface area contributed by atoms with E-state index in [1.165, 1.54) is 0 Å². The second-order valence-electron chi connectivity index (χ2n) is 6.32. The Kier molecular flexibility index (Phi) is 5.43. The number of aromatic nitrogens is 2. The third-order valence-corrected chi connectivity index (χ3v) is 4.92. The Bertz CT molecular complexity index is 708.